The van der Waals surface area contributed by atoms with Gasteiger partial charge in [0, 0.05) is 13.7 Å². The quantitative estimate of drug-likeness (QED) is 0.687. The largest absolute Gasteiger partial charge is 0.481 e. The summed E-state index contributed by atoms with van der Waals surface area (Å²) in [5, 5.41) is 9.33. The van der Waals surface area contributed by atoms with Crippen LogP contribution in [0.1, 0.15) is 38.5 Å². The van der Waals surface area contributed by atoms with Crippen molar-refractivity contribution >= 4 is 5.97 Å². The lowest BCUT2D eigenvalue weighted by molar-refractivity contribution is -0.149. The van der Waals surface area contributed by atoms with Crippen LogP contribution in [0.25, 0.3) is 0 Å². The van der Waals surface area contributed by atoms with Crippen LogP contribution in [0, 0.1) is 17.3 Å². The van der Waals surface area contributed by atoms with Crippen LogP contribution in [0.2, 0.25) is 0 Å². The second kappa shape index (κ2) is 4.12. The Morgan fingerprint density at radius 2 is 2.07 bits per heavy atom. The molecule has 2 aliphatic rings. The lowest BCUT2D eigenvalue weighted by Crippen LogP contribution is -2.29. The maximum atomic E-state index is 11.3. The molecular formula is C12H20O3. The smallest absolute Gasteiger partial charge is 0.309 e. The summed E-state index contributed by atoms with van der Waals surface area (Å²) in [5.74, 6) is 0.916. The summed E-state index contributed by atoms with van der Waals surface area (Å²) in [5.41, 5.74) is -0.374. The molecule has 2 atom stereocenters. The number of ether oxygens (including phenoxy) is 1. The molecule has 0 bridgehead atoms. The van der Waals surface area contributed by atoms with E-state index < -0.39 is 5.97 Å². The van der Waals surface area contributed by atoms with Crippen LogP contribution in [0.4, 0.5) is 0 Å². The summed E-state index contributed by atoms with van der Waals surface area (Å²) in [6.45, 7) is 0.753. The predicted molar refractivity (Wildman–Crippen MR) is 56.6 cm³/mol. The fraction of sp³-hybridized carbons (Fsp3) is 0.917. The minimum Gasteiger partial charge on any atom is -0.481 e. The summed E-state index contributed by atoms with van der Waals surface area (Å²) < 4.78 is 4.98. The fourth-order valence-corrected chi connectivity index (χ4v) is 3.09. The van der Waals surface area contributed by atoms with Gasteiger partial charge in [-0.1, -0.05) is 6.42 Å². The normalized spacial score (nSPS) is 37.7. The van der Waals surface area contributed by atoms with Gasteiger partial charge in [0.25, 0.3) is 0 Å². The van der Waals surface area contributed by atoms with E-state index in [1.165, 1.54) is 6.42 Å². The van der Waals surface area contributed by atoms with Crippen molar-refractivity contribution in [2.75, 3.05) is 13.7 Å². The molecule has 0 heterocycles. The molecule has 15 heavy (non-hydrogen) atoms. The van der Waals surface area contributed by atoms with E-state index in [-0.39, 0.29) is 5.41 Å². The van der Waals surface area contributed by atoms with Gasteiger partial charge in [-0.3, -0.25) is 4.79 Å². The molecule has 0 aromatic rings. The summed E-state index contributed by atoms with van der Waals surface area (Å²) in [7, 11) is 1.69. The minimum atomic E-state index is -0.563. The zero-order chi connectivity index (χ0) is 10.9. The number of rotatable bonds is 6. The Morgan fingerprint density at radius 3 is 2.60 bits per heavy atom. The summed E-state index contributed by atoms with van der Waals surface area (Å²) in [6.07, 6.45) is 5.96. The average molecular weight is 212 g/mol. The molecule has 0 aliphatic heterocycles. The van der Waals surface area contributed by atoms with Gasteiger partial charge in [-0.05, 0) is 43.9 Å². The van der Waals surface area contributed by atoms with Crippen molar-refractivity contribution in [3.8, 4) is 0 Å². The van der Waals surface area contributed by atoms with Crippen molar-refractivity contribution in [3.05, 3.63) is 0 Å². The lowest BCUT2D eigenvalue weighted by atomic mass is 9.78. The molecule has 0 radical (unpaired) electrons. The van der Waals surface area contributed by atoms with Gasteiger partial charge in [0.2, 0.25) is 0 Å². The molecule has 0 aromatic heterocycles. The van der Waals surface area contributed by atoms with E-state index in [9.17, 15) is 9.90 Å². The van der Waals surface area contributed by atoms with Crippen molar-refractivity contribution in [1.82, 2.24) is 0 Å². The van der Waals surface area contributed by atoms with Crippen LogP contribution in [0.15, 0.2) is 0 Å². The molecule has 2 saturated carbocycles. The van der Waals surface area contributed by atoms with E-state index >= 15 is 0 Å². The number of carboxylic acids is 1. The molecule has 2 fully saturated rings. The van der Waals surface area contributed by atoms with Gasteiger partial charge < -0.3 is 9.84 Å². The van der Waals surface area contributed by atoms with E-state index in [0.29, 0.717) is 0 Å². The number of aliphatic carboxylic acids is 1. The Labute approximate surface area is 90.8 Å². The highest BCUT2D eigenvalue weighted by Gasteiger charge is 2.56. The van der Waals surface area contributed by atoms with Crippen molar-refractivity contribution in [3.63, 3.8) is 0 Å². The number of unbranched alkanes of at least 4 members (excludes halogenated alkanes) is 1. The number of methoxy groups -OCH3 is 1. The number of hydrogen-bond donors (Lipinski definition) is 1. The summed E-state index contributed by atoms with van der Waals surface area (Å²) >= 11 is 0. The third kappa shape index (κ3) is 2.17. The van der Waals surface area contributed by atoms with Crippen LogP contribution in [-0.4, -0.2) is 24.8 Å². The third-order valence-corrected chi connectivity index (χ3v) is 4.08. The van der Waals surface area contributed by atoms with Gasteiger partial charge in [-0.2, -0.15) is 0 Å². The molecule has 1 N–H and O–H groups in total. The van der Waals surface area contributed by atoms with Gasteiger partial charge in [-0.25, -0.2) is 0 Å². The van der Waals surface area contributed by atoms with Gasteiger partial charge in [0.15, 0.2) is 0 Å². The topological polar surface area (TPSA) is 46.5 Å². The van der Waals surface area contributed by atoms with E-state index in [0.717, 1.165) is 50.5 Å². The van der Waals surface area contributed by atoms with E-state index in [2.05, 4.69) is 0 Å². The van der Waals surface area contributed by atoms with Crippen molar-refractivity contribution in [2.45, 2.75) is 38.5 Å². The standard InChI is InChI=1S/C12H20O3/c1-15-5-3-2-4-12(11(13)14)7-9-6-10(9)8-12/h9-10H,2-8H2,1H3,(H,13,14). The monoisotopic (exact) mass is 212 g/mol. The number of hydrogen-bond acceptors (Lipinski definition) is 2. The SMILES string of the molecule is COCCCCC1(C(=O)O)CC2CC2C1. The van der Waals surface area contributed by atoms with Gasteiger partial charge >= 0.3 is 5.97 Å². The highest BCUT2D eigenvalue weighted by molar-refractivity contribution is 5.75. The summed E-state index contributed by atoms with van der Waals surface area (Å²) in [6, 6.07) is 0. The highest BCUT2D eigenvalue weighted by atomic mass is 16.5. The molecule has 0 spiro atoms. The Morgan fingerprint density at radius 1 is 1.40 bits per heavy atom. The molecule has 86 valence electrons. The van der Waals surface area contributed by atoms with Gasteiger partial charge in [0.05, 0.1) is 5.41 Å². The number of carbonyl (C=O) groups is 1. The highest BCUT2D eigenvalue weighted by Crippen LogP contribution is 2.61. The maximum absolute atomic E-state index is 11.3. The Kier molecular flexibility index (Phi) is 3.01. The lowest BCUT2D eigenvalue weighted by Gasteiger charge is -2.25. The second-order valence-corrected chi connectivity index (χ2v) is 5.20. The Hall–Kier alpha value is -0.570. The first-order chi connectivity index (χ1) is 7.18. The van der Waals surface area contributed by atoms with E-state index in [1.54, 1.807) is 7.11 Å². The van der Waals surface area contributed by atoms with Crippen LogP contribution < -0.4 is 0 Å². The number of carboxylic acid groups (broad SMARTS) is 1. The van der Waals surface area contributed by atoms with Gasteiger partial charge in [-0.15, -0.1) is 0 Å². The fourth-order valence-electron chi connectivity index (χ4n) is 3.09. The first-order valence-corrected chi connectivity index (χ1v) is 5.90. The molecule has 0 amide bonds. The second-order valence-electron chi connectivity index (χ2n) is 5.20. The minimum absolute atomic E-state index is 0.374. The van der Waals surface area contributed by atoms with E-state index in [1.807, 2.05) is 0 Å². The van der Waals surface area contributed by atoms with Crippen LogP contribution in [0.3, 0.4) is 0 Å². The predicted octanol–water partition coefficient (Wildman–Crippen LogP) is 2.30. The maximum Gasteiger partial charge on any atom is 0.309 e. The Balaban J connectivity index is 1.82. The van der Waals surface area contributed by atoms with Crippen LogP contribution in [-0.2, 0) is 9.53 Å². The van der Waals surface area contributed by atoms with Crippen LogP contribution >= 0.6 is 0 Å². The van der Waals surface area contributed by atoms with E-state index in [4.69, 9.17) is 4.74 Å². The number of fused-ring (bicyclic) bond motifs is 1. The first-order valence-electron chi connectivity index (χ1n) is 5.90. The zero-order valence-electron chi connectivity index (χ0n) is 9.37. The molecule has 3 heteroatoms. The van der Waals surface area contributed by atoms with Crippen LogP contribution in [0.5, 0.6) is 0 Å². The average Bonchev–Trinajstić information content (AvgIpc) is 2.82. The Bertz CT molecular complexity index is 239. The van der Waals surface area contributed by atoms with Crippen molar-refractivity contribution in [2.24, 2.45) is 17.3 Å². The molecule has 3 nitrogen and oxygen atoms in total. The van der Waals surface area contributed by atoms with Gasteiger partial charge in [0.1, 0.15) is 0 Å². The molecule has 2 unspecified atom stereocenters. The first kappa shape index (κ1) is 10.9. The van der Waals surface area contributed by atoms with Crippen molar-refractivity contribution in [1.29, 1.82) is 0 Å². The molecule has 2 rings (SSSR count). The molecule has 0 saturated heterocycles. The van der Waals surface area contributed by atoms with Crippen molar-refractivity contribution < 1.29 is 14.6 Å². The molecule has 2 aliphatic carbocycles. The third-order valence-electron chi connectivity index (χ3n) is 4.08. The zero-order valence-corrected chi connectivity index (χ0v) is 9.37. The molecule has 0 aromatic carbocycles. The molecular weight excluding hydrogens is 192 g/mol. The summed E-state index contributed by atoms with van der Waals surface area (Å²) in [4.78, 5) is 11.3.